The number of ether oxygens (including phenoxy) is 3. The monoisotopic (exact) mass is 260 g/mol. The highest BCUT2D eigenvalue weighted by molar-refractivity contribution is 5.81. The molecule has 0 aliphatic carbocycles. The molecule has 2 unspecified atom stereocenters. The van der Waals surface area contributed by atoms with Crippen LogP contribution in [0.25, 0.3) is 0 Å². The van der Waals surface area contributed by atoms with E-state index in [1.807, 2.05) is 0 Å². The fraction of sp³-hybridized carbons (Fsp3) is 0.636. The number of hydrogen-bond donors (Lipinski definition) is 0. The predicted octanol–water partition coefficient (Wildman–Crippen LogP) is 1.67. The molecule has 2 atom stereocenters. The smallest absolute Gasteiger partial charge is 0.428 e. The molecule has 1 aliphatic rings. The summed E-state index contributed by atoms with van der Waals surface area (Å²) in [5, 5.41) is 0. The molecular formula is C11H16O7. The van der Waals surface area contributed by atoms with Gasteiger partial charge in [0.15, 0.2) is 0 Å². The largest absolute Gasteiger partial charge is 0.511 e. The van der Waals surface area contributed by atoms with Crippen molar-refractivity contribution in [3.63, 3.8) is 0 Å². The van der Waals surface area contributed by atoms with Crippen molar-refractivity contribution in [3.8, 4) is 0 Å². The van der Waals surface area contributed by atoms with E-state index in [9.17, 15) is 9.59 Å². The maximum Gasteiger partial charge on any atom is 0.511 e. The number of carbonyl (C=O) groups is 2. The highest BCUT2D eigenvalue weighted by atomic mass is 17.3. The fourth-order valence-corrected chi connectivity index (χ4v) is 1.00. The van der Waals surface area contributed by atoms with E-state index < -0.39 is 29.8 Å². The van der Waals surface area contributed by atoms with Gasteiger partial charge in [-0.3, -0.25) is 0 Å². The summed E-state index contributed by atoms with van der Waals surface area (Å²) in [5.41, 5.74) is -0.703. The van der Waals surface area contributed by atoms with E-state index in [2.05, 4.69) is 16.4 Å². The Hall–Kier alpha value is -1.60. The van der Waals surface area contributed by atoms with Gasteiger partial charge in [0.1, 0.15) is 5.60 Å². The zero-order valence-electron chi connectivity index (χ0n) is 10.7. The van der Waals surface area contributed by atoms with Crippen LogP contribution in [-0.2, 0) is 28.8 Å². The Morgan fingerprint density at radius 3 is 2.39 bits per heavy atom. The first-order chi connectivity index (χ1) is 8.16. The zero-order chi connectivity index (χ0) is 14.0. The maximum atomic E-state index is 11.4. The molecule has 7 heteroatoms. The molecule has 7 nitrogen and oxygen atoms in total. The number of rotatable bonds is 3. The zero-order valence-corrected chi connectivity index (χ0v) is 10.7. The van der Waals surface area contributed by atoms with Crippen LogP contribution in [0.2, 0.25) is 0 Å². The predicted molar refractivity (Wildman–Crippen MR) is 58.0 cm³/mol. The molecule has 102 valence electrons. The first-order valence-corrected chi connectivity index (χ1v) is 5.26. The van der Waals surface area contributed by atoms with Gasteiger partial charge in [-0.1, -0.05) is 6.58 Å². The van der Waals surface area contributed by atoms with Crippen molar-refractivity contribution in [2.75, 3.05) is 0 Å². The second-order valence-electron chi connectivity index (χ2n) is 4.73. The highest BCUT2D eigenvalue weighted by Crippen LogP contribution is 2.33. The van der Waals surface area contributed by atoms with Gasteiger partial charge in [0.05, 0.1) is 0 Å². The molecule has 0 aromatic rings. The molecule has 1 heterocycles. The van der Waals surface area contributed by atoms with Crippen molar-refractivity contribution in [1.29, 1.82) is 0 Å². The van der Waals surface area contributed by atoms with Gasteiger partial charge in [-0.2, -0.15) is 9.78 Å². The summed E-state index contributed by atoms with van der Waals surface area (Å²) in [4.78, 5) is 31.6. The van der Waals surface area contributed by atoms with Crippen molar-refractivity contribution in [3.05, 3.63) is 12.7 Å². The van der Waals surface area contributed by atoms with Crippen LogP contribution in [0.1, 0.15) is 27.7 Å². The minimum Gasteiger partial charge on any atom is -0.428 e. The van der Waals surface area contributed by atoms with Crippen LogP contribution in [0.3, 0.4) is 0 Å². The molecule has 0 spiro atoms. The average molecular weight is 260 g/mol. The highest BCUT2D eigenvalue weighted by Gasteiger charge is 2.55. The Kier molecular flexibility index (Phi) is 3.98. The van der Waals surface area contributed by atoms with E-state index in [0.29, 0.717) is 0 Å². The van der Waals surface area contributed by atoms with Gasteiger partial charge >= 0.3 is 24.2 Å². The second-order valence-corrected chi connectivity index (χ2v) is 4.73. The summed E-state index contributed by atoms with van der Waals surface area (Å²) in [6, 6.07) is 0. The molecular weight excluding hydrogens is 244 g/mol. The topological polar surface area (TPSA) is 80.3 Å². The Labute approximate surface area is 105 Å². The summed E-state index contributed by atoms with van der Waals surface area (Å²) in [7, 11) is 0. The molecule has 18 heavy (non-hydrogen) atoms. The van der Waals surface area contributed by atoms with Gasteiger partial charge < -0.3 is 14.2 Å². The van der Waals surface area contributed by atoms with Gasteiger partial charge in [0, 0.05) is 13.0 Å². The second kappa shape index (κ2) is 4.95. The van der Waals surface area contributed by atoms with E-state index in [-0.39, 0.29) is 0 Å². The number of esters is 1. The Morgan fingerprint density at radius 1 is 1.39 bits per heavy atom. The van der Waals surface area contributed by atoms with Crippen molar-refractivity contribution in [1.82, 2.24) is 0 Å². The number of carbonyl (C=O) groups excluding carboxylic acids is 2. The molecule has 0 bridgehead atoms. The van der Waals surface area contributed by atoms with Crippen LogP contribution < -0.4 is 0 Å². The minimum absolute atomic E-state index is 0.703. The van der Waals surface area contributed by atoms with E-state index >= 15 is 0 Å². The molecule has 0 radical (unpaired) electrons. The standard InChI is InChI=1S/C11H16O7/c1-6-7(12)14-8-11(5,18-17-8)16-9(13)15-10(2,3)4/h6,8H,1H2,2-5H3. The van der Waals surface area contributed by atoms with Crippen LogP contribution in [-0.4, -0.2) is 29.8 Å². The van der Waals surface area contributed by atoms with Crippen molar-refractivity contribution < 1.29 is 33.6 Å². The molecule has 0 N–H and O–H groups in total. The van der Waals surface area contributed by atoms with E-state index in [4.69, 9.17) is 14.2 Å². The molecule has 0 amide bonds. The van der Waals surface area contributed by atoms with Crippen molar-refractivity contribution in [2.24, 2.45) is 0 Å². The first kappa shape index (κ1) is 14.5. The molecule has 1 fully saturated rings. The van der Waals surface area contributed by atoms with E-state index in [1.165, 1.54) is 6.92 Å². The third kappa shape index (κ3) is 3.71. The molecule has 0 aromatic carbocycles. The quantitative estimate of drug-likeness (QED) is 0.433. The Balaban J connectivity index is 2.52. The van der Waals surface area contributed by atoms with Crippen LogP contribution >= 0.6 is 0 Å². The van der Waals surface area contributed by atoms with Crippen LogP contribution in [0.5, 0.6) is 0 Å². The molecule has 1 saturated heterocycles. The third-order valence-electron chi connectivity index (χ3n) is 1.79. The lowest BCUT2D eigenvalue weighted by Crippen LogP contribution is -2.58. The number of hydrogen-bond acceptors (Lipinski definition) is 7. The van der Waals surface area contributed by atoms with E-state index in [0.717, 1.165) is 6.08 Å². The Morgan fingerprint density at radius 2 is 2.00 bits per heavy atom. The van der Waals surface area contributed by atoms with Gasteiger partial charge in [-0.25, -0.2) is 9.59 Å². The first-order valence-electron chi connectivity index (χ1n) is 5.26. The van der Waals surface area contributed by atoms with Gasteiger partial charge in [-0.15, -0.1) is 0 Å². The van der Waals surface area contributed by atoms with Gasteiger partial charge in [0.2, 0.25) is 0 Å². The summed E-state index contributed by atoms with van der Waals surface area (Å²) in [6.07, 6.45) is -1.15. The minimum atomic E-state index is -1.53. The molecule has 1 aliphatic heterocycles. The summed E-state index contributed by atoms with van der Waals surface area (Å²) in [6.45, 7) is 9.66. The lowest BCUT2D eigenvalue weighted by molar-refractivity contribution is -0.595. The van der Waals surface area contributed by atoms with Crippen molar-refractivity contribution in [2.45, 2.75) is 45.4 Å². The normalized spacial score (nSPS) is 26.8. The van der Waals surface area contributed by atoms with Crippen LogP contribution in [0.15, 0.2) is 12.7 Å². The van der Waals surface area contributed by atoms with E-state index in [1.54, 1.807) is 20.8 Å². The maximum absolute atomic E-state index is 11.4. The van der Waals surface area contributed by atoms with Crippen LogP contribution in [0.4, 0.5) is 4.79 Å². The molecule has 0 saturated carbocycles. The molecule has 1 rings (SSSR count). The lowest BCUT2D eigenvalue weighted by atomic mass is 10.2. The summed E-state index contributed by atoms with van der Waals surface area (Å²) >= 11 is 0. The molecule has 0 aromatic heterocycles. The summed E-state index contributed by atoms with van der Waals surface area (Å²) in [5.74, 6) is -2.25. The van der Waals surface area contributed by atoms with Gasteiger partial charge in [0.25, 0.3) is 0 Å². The van der Waals surface area contributed by atoms with Crippen LogP contribution in [0, 0.1) is 0 Å². The van der Waals surface area contributed by atoms with Crippen molar-refractivity contribution >= 4 is 12.1 Å². The fourth-order valence-electron chi connectivity index (χ4n) is 1.00. The lowest BCUT2D eigenvalue weighted by Gasteiger charge is -2.41. The third-order valence-corrected chi connectivity index (χ3v) is 1.79. The van der Waals surface area contributed by atoms with Gasteiger partial charge in [-0.05, 0) is 20.8 Å². The summed E-state index contributed by atoms with van der Waals surface area (Å²) < 4.78 is 14.6. The SMILES string of the molecule is C=CC(=O)OC1OOC1(C)OC(=O)OC(C)(C)C. The Bertz CT molecular complexity index is 357. The average Bonchev–Trinajstić information content (AvgIpc) is 2.21.